The summed E-state index contributed by atoms with van der Waals surface area (Å²) < 4.78 is 2.38. The number of para-hydroxylation sites is 2. The predicted octanol–water partition coefficient (Wildman–Crippen LogP) is 10.4. The van der Waals surface area contributed by atoms with Crippen molar-refractivity contribution in [3.05, 3.63) is 157 Å². The molecule has 0 atom stereocenters. The molecule has 8 rings (SSSR count). The zero-order valence-electron chi connectivity index (χ0n) is 22.8. The van der Waals surface area contributed by atoms with Crippen molar-refractivity contribution < 1.29 is 0 Å². The zero-order chi connectivity index (χ0) is 28.0. The lowest BCUT2D eigenvalue weighted by atomic mass is 9.94. The number of nitrogens with zero attached hydrogens (tertiary/aromatic N) is 3. The second kappa shape index (κ2) is 9.66. The molecule has 0 fully saturated rings. The van der Waals surface area contributed by atoms with Crippen molar-refractivity contribution in [3.8, 4) is 22.9 Å². The average molecular weight is 536 g/mol. The second-order valence-corrected chi connectivity index (χ2v) is 10.5. The van der Waals surface area contributed by atoms with Crippen molar-refractivity contribution >= 4 is 49.6 Å². The van der Waals surface area contributed by atoms with Gasteiger partial charge in [0.1, 0.15) is 0 Å². The smallest absolute Gasteiger partial charge is 0.0991 e. The van der Waals surface area contributed by atoms with Gasteiger partial charge in [-0.2, -0.15) is 5.26 Å². The third kappa shape index (κ3) is 3.74. The van der Waals surface area contributed by atoms with Crippen LogP contribution in [0.15, 0.2) is 152 Å². The van der Waals surface area contributed by atoms with E-state index in [2.05, 4.69) is 125 Å². The molecule has 0 spiro atoms. The fourth-order valence-electron chi connectivity index (χ4n) is 6.29. The normalized spacial score (nSPS) is 11.3. The summed E-state index contributed by atoms with van der Waals surface area (Å²) in [4.78, 5) is 2.22. The third-order valence-corrected chi connectivity index (χ3v) is 8.18. The summed E-state index contributed by atoms with van der Waals surface area (Å²) in [6, 6.07) is 55.3. The Bertz CT molecular complexity index is 2220. The maximum atomic E-state index is 9.30. The average Bonchev–Trinajstić information content (AvgIpc) is 3.41. The van der Waals surface area contributed by atoms with Crippen LogP contribution in [0.1, 0.15) is 5.56 Å². The Morgan fingerprint density at radius 1 is 0.500 bits per heavy atom. The Morgan fingerprint density at radius 3 is 1.86 bits per heavy atom. The van der Waals surface area contributed by atoms with E-state index in [0.29, 0.717) is 5.56 Å². The Hall–Kier alpha value is -5.85. The summed E-state index contributed by atoms with van der Waals surface area (Å²) >= 11 is 0. The Labute approximate surface area is 244 Å². The lowest BCUT2D eigenvalue weighted by Gasteiger charge is -2.25. The van der Waals surface area contributed by atoms with Crippen molar-refractivity contribution in [1.82, 2.24) is 4.57 Å². The minimum atomic E-state index is 0.649. The molecule has 0 amide bonds. The van der Waals surface area contributed by atoms with Gasteiger partial charge in [0.2, 0.25) is 0 Å². The lowest BCUT2D eigenvalue weighted by molar-refractivity contribution is 1.18. The molecule has 196 valence electrons. The highest BCUT2D eigenvalue weighted by atomic mass is 15.1. The molecule has 8 aromatic rings. The highest BCUT2D eigenvalue weighted by Crippen LogP contribution is 2.43. The Kier molecular flexibility index (Phi) is 5.52. The van der Waals surface area contributed by atoms with Crippen LogP contribution in [0, 0.1) is 11.3 Å². The number of hydrogen-bond acceptors (Lipinski definition) is 2. The summed E-state index contributed by atoms with van der Waals surface area (Å²) in [5.41, 5.74) is 9.80. The molecule has 0 N–H and O–H groups in total. The summed E-state index contributed by atoms with van der Waals surface area (Å²) in [5, 5.41) is 14.4. The van der Waals surface area contributed by atoms with Crippen LogP contribution >= 0.6 is 0 Å². The van der Waals surface area contributed by atoms with Gasteiger partial charge in [-0.25, -0.2) is 0 Å². The van der Waals surface area contributed by atoms with Crippen LogP contribution in [-0.2, 0) is 0 Å². The van der Waals surface area contributed by atoms with Crippen LogP contribution in [0.2, 0.25) is 0 Å². The number of anilines is 3. The topological polar surface area (TPSA) is 32.0 Å². The molecule has 0 aliphatic heterocycles. The minimum Gasteiger partial charge on any atom is -0.311 e. The van der Waals surface area contributed by atoms with Crippen molar-refractivity contribution in [2.24, 2.45) is 0 Å². The molecule has 0 aliphatic carbocycles. The molecule has 7 aromatic carbocycles. The molecule has 0 aliphatic rings. The third-order valence-electron chi connectivity index (χ3n) is 8.18. The highest BCUT2D eigenvalue weighted by Gasteiger charge is 2.19. The van der Waals surface area contributed by atoms with Crippen LogP contribution in [-0.4, -0.2) is 4.57 Å². The van der Waals surface area contributed by atoms with Gasteiger partial charge in [0.25, 0.3) is 0 Å². The summed E-state index contributed by atoms with van der Waals surface area (Å²) in [6.45, 7) is 0. The molecule has 42 heavy (non-hydrogen) atoms. The van der Waals surface area contributed by atoms with Gasteiger partial charge in [-0.1, -0.05) is 78.9 Å². The van der Waals surface area contributed by atoms with Gasteiger partial charge < -0.3 is 9.47 Å². The second-order valence-electron chi connectivity index (χ2n) is 10.5. The van der Waals surface area contributed by atoms with E-state index in [4.69, 9.17) is 0 Å². The van der Waals surface area contributed by atoms with E-state index < -0.39 is 0 Å². The quantitative estimate of drug-likeness (QED) is 0.205. The molecule has 3 heteroatoms. The molecule has 0 radical (unpaired) electrons. The number of hydrogen-bond donors (Lipinski definition) is 0. The van der Waals surface area contributed by atoms with Gasteiger partial charge >= 0.3 is 0 Å². The first-order valence-electron chi connectivity index (χ1n) is 14.1. The van der Waals surface area contributed by atoms with Crippen molar-refractivity contribution in [3.63, 3.8) is 0 Å². The minimum absolute atomic E-state index is 0.649. The molecular weight excluding hydrogens is 510 g/mol. The first-order valence-corrected chi connectivity index (χ1v) is 14.1. The van der Waals surface area contributed by atoms with Gasteiger partial charge in [0, 0.05) is 33.5 Å². The first-order chi connectivity index (χ1) is 20.8. The molecule has 0 saturated carbocycles. The zero-order valence-corrected chi connectivity index (χ0v) is 22.8. The van der Waals surface area contributed by atoms with E-state index in [1.54, 1.807) is 0 Å². The molecule has 0 bridgehead atoms. The standard InChI is InChI=1S/C39H25N3/c40-26-27-14-19-32(20-15-27)41(30-9-3-1-4-10-30)33-21-16-28(17-22-33)34-24-25-37-39-35(34)23-18-29-8-7-13-36(38(29)39)42(37)31-11-5-2-6-12-31/h1-25H. The predicted molar refractivity (Wildman–Crippen MR) is 174 cm³/mol. The molecule has 1 aromatic heterocycles. The van der Waals surface area contributed by atoms with Crippen molar-refractivity contribution in [1.29, 1.82) is 5.26 Å². The molecule has 1 heterocycles. The Morgan fingerprint density at radius 2 is 1.14 bits per heavy atom. The number of nitriles is 1. The summed E-state index contributed by atoms with van der Waals surface area (Å²) in [5.74, 6) is 0. The Balaban J connectivity index is 1.28. The maximum absolute atomic E-state index is 9.30. The molecular formula is C39H25N3. The van der Waals surface area contributed by atoms with Crippen LogP contribution < -0.4 is 4.90 Å². The van der Waals surface area contributed by atoms with E-state index in [9.17, 15) is 5.26 Å². The van der Waals surface area contributed by atoms with Crippen LogP contribution in [0.25, 0.3) is 49.4 Å². The van der Waals surface area contributed by atoms with Crippen LogP contribution in [0.5, 0.6) is 0 Å². The fourth-order valence-corrected chi connectivity index (χ4v) is 6.29. The van der Waals surface area contributed by atoms with E-state index >= 15 is 0 Å². The number of benzene rings is 7. The summed E-state index contributed by atoms with van der Waals surface area (Å²) in [7, 11) is 0. The van der Waals surface area contributed by atoms with E-state index in [1.165, 1.54) is 49.4 Å². The van der Waals surface area contributed by atoms with Gasteiger partial charge in [0.05, 0.1) is 22.7 Å². The highest BCUT2D eigenvalue weighted by molar-refractivity contribution is 6.26. The van der Waals surface area contributed by atoms with E-state index in [1.807, 2.05) is 42.5 Å². The summed E-state index contributed by atoms with van der Waals surface area (Å²) in [6.07, 6.45) is 0. The lowest BCUT2D eigenvalue weighted by Crippen LogP contribution is -2.09. The fraction of sp³-hybridized carbons (Fsp3) is 0. The number of aromatic nitrogens is 1. The van der Waals surface area contributed by atoms with Gasteiger partial charge in [-0.15, -0.1) is 0 Å². The van der Waals surface area contributed by atoms with Crippen LogP contribution in [0.3, 0.4) is 0 Å². The van der Waals surface area contributed by atoms with Crippen molar-refractivity contribution in [2.75, 3.05) is 4.90 Å². The van der Waals surface area contributed by atoms with Crippen LogP contribution in [0.4, 0.5) is 17.1 Å². The van der Waals surface area contributed by atoms with Gasteiger partial charge in [-0.3, -0.25) is 0 Å². The van der Waals surface area contributed by atoms with Gasteiger partial charge in [0.15, 0.2) is 0 Å². The largest absolute Gasteiger partial charge is 0.311 e. The number of rotatable bonds is 5. The maximum Gasteiger partial charge on any atom is 0.0991 e. The molecule has 0 unspecified atom stereocenters. The molecule has 3 nitrogen and oxygen atoms in total. The first kappa shape index (κ1) is 24.0. The SMILES string of the molecule is N#Cc1ccc(N(c2ccccc2)c2ccc(-c3ccc4c5c3ccc3cccc(c35)n4-c3ccccc3)cc2)cc1. The van der Waals surface area contributed by atoms with E-state index in [-0.39, 0.29) is 0 Å². The monoisotopic (exact) mass is 535 g/mol. The van der Waals surface area contributed by atoms with Crippen molar-refractivity contribution in [2.45, 2.75) is 0 Å². The van der Waals surface area contributed by atoms with Gasteiger partial charge in [-0.05, 0) is 94.7 Å². The molecule has 0 saturated heterocycles. The van der Waals surface area contributed by atoms with E-state index in [0.717, 1.165) is 17.1 Å².